The molecule has 2 atom stereocenters. The van der Waals surface area contributed by atoms with Crippen LogP contribution >= 0.6 is 0 Å². The first-order valence-electron chi connectivity index (χ1n) is 6.34. The molecule has 0 aromatic heterocycles. The number of hydrogen-bond acceptors (Lipinski definition) is 2. The van der Waals surface area contributed by atoms with E-state index in [9.17, 15) is 0 Å². The summed E-state index contributed by atoms with van der Waals surface area (Å²) in [5, 5.41) is 0. The third kappa shape index (κ3) is 1.82. The molecule has 1 aliphatic heterocycles. The van der Waals surface area contributed by atoms with E-state index < -0.39 is 0 Å². The fourth-order valence-corrected chi connectivity index (χ4v) is 2.77. The second-order valence-corrected chi connectivity index (χ2v) is 5.04. The molecule has 1 heterocycles. The zero-order valence-electron chi connectivity index (χ0n) is 9.56. The Kier molecular flexibility index (Phi) is 2.60. The molecule has 0 bridgehead atoms. The van der Waals surface area contributed by atoms with Crippen molar-refractivity contribution in [2.24, 2.45) is 11.7 Å². The normalized spacial score (nSPS) is 28.3. The largest absolute Gasteiger partial charge is 0.490 e. The molecular formula is C14H19NO. The maximum Gasteiger partial charge on any atom is 0.123 e. The summed E-state index contributed by atoms with van der Waals surface area (Å²) in [5.41, 5.74) is 7.08. The molecule has 0 radical (unpaired) electrons. The van der Waals surface area contributed by atoms with Crippen molar-refractivity contribution in [2.75, 3.05) is 6.54 Å². The molecule has 1 fully saturated rings. The average Bonchev–Trinajstić information content (AvgIpc) is 3.13. The molecule has 0 saturated heterocycles. The Morgan fingerprint density at radius 1 is 1.25 bits per heavy atom. The van der Waals surface area contributed by atoms with E-state index in [0.29, 0.717) is 12.0 Å². The molecule has 86 valence electrons. The van der Waals surface area contributed by atoms with Gasteiger partial charge in [0.25, 0.3) is 0 Å². The summed E-state index contributed by atoms with van der Waals surface area (Å²) in [6, 6.07) is 8.46. The first kappa shape index (κ1) is 10.2. The maximum absolute atomic E-state index is 6.09. The minimum Gasteiger partial charge on any atom is -0.490 e. The lowest BCUT2D eigenvalue weighted by Gasteiger charge is -2.32. The van der Waals surface area contributed by atoms with Gasteiger partial charge in [0, 0.05) is 0 Å². The van der Waals surface area contributed by atoms with Crippen molar-refractivity contribution in [3.05, 3.63) is 29.8 Å². The Hall–Kier alpha value is -1.02. The molecule has 2 unspecified atom stereocenters. The van der Waals surface area contributed by atoms with E-state index in [4.69, 9.17) is 10.5 Å². The van der Waals surface area contributed by atoms with Gasteiger partial charge in [-0.2, -0.15) is 0 Å². The first-order chi connectivity index (χ1) is 7.88. The topological polar surface area (TPSA) is 35.2 Å². The Balaban J connectivity index is 1.87. The van der Waals surface area contributed by atoms with E-state index in [-0.39, 0.29) is 0 Å². The number of hydrogen-bond donors (Lipinski definition) is 1. The van der Waals surface area contributed by atoms with Crippen molar-refractivity contribution in [3.8, 4) is 5.75 Å². The van der Waals surface area contributed by atoms with Crippen LogP contribution in [0.25, 0.3) is 0 Å². The monoisotopic (exact) mass is 217 g/mol. The summed E-state index contributed by atoms with van der Waals surface area (Å²) in [6.45, 7) is 0.774. The third-order valence-electron chi connectivity index (χ3n) is 3.82. The maximum atomic E-state index is 6.09. The number of fused-ring (bicyclic) bond motifs is 1. The quantitative estimate of drug-likeness (QED) is 0.844. The predicted molar refractivity (Wildman–Crippen MR) is 64.6 cm³/mol. The molecule has 3 rings (SSSR count). The van der Waals surface area contributed by atoms with Crippen LogP contribution in [0.15, 0.2) is 24.3 Å². The molecular weight excluding hydrogens is 198 g/mol. The highest BCUT2D eigenvalue weighted by Gasteiger charge is 2.38. The van der Waals surface area contributed by atoms with Crippen molar-refractivity contribution >= 4 is 0 Å². The third-order valence-corrected chi connectivity index (χ3v) is 3.82. The van der Waals surface area contributed by atoms with Crippen LogP contribution in [-0.2, 0) is 0 Å². The standard InChI is InChI=1S/C14H19NO/c15-8-7-11-9-14(10-5-6-10)16-13-4-2-1-3-12(11)13/h1-4,10-11,14H,5-9,15H2. The Labute approximate surface area is 96.8 Å². The summed E-state index contributed by atoms with van der Waals surface area (Å²) < 4.78 is 6.09. The summed E-state index contributed by atoms with van der Waals surface area (Å²) in [6.07, 6.45) is 5.40. The van der Waals surface area contributed by atoms with Crippen molar-refractivity contribution < 1.29 is 4.74 Å². The number of nitrogens with two attached hydrogens (primary N) is 1. The number of para-hydroxylation sites is 1. The Bertz CT molecular complexity index is 373. The van der Waals surface area contributed by atoms with Gasteiger partial charge < -0.3 is 10.5 Å². The van der Waals surface area contributed by atoms with Crippen LogP contribution in [0, 0.1) is 5.92 Å². The minimum atomic E-state index is 0.450. The molecule has 1 aromatic rings. The predicted octanol–water partition coefficient (Wildman–Crippen LogP) is 2.68. The zero-order valence-corrected chi connectivity index (χ0v) is 9.56. The molecule has 2 nitrogen and oxygen atoms in total. The van der Waals surface area contributed by atoms with Gasteiger partial charge in [0.2, 0.25) is 0 Å². The second kappa shape index (κ2) is 4.10. The van der Waals surface area contributed by atoms with Gasteiger partial charge in [0.05, 0.1) is 0 Å². The minimum absolute atomic E-state index is 0.450. The van der Waals surface area contributed by atoms with Gasteiger partial charge in [-0.05, 0) is 55.7 Å². The van der Waals surface area contributed by atoms with Crippen LogP contribution in [0.2, 0.25) is 0 Å². The fraction of sp³-hybridized carbons (Fsp3) is 0.571. The van der Waals surface area contributed by atoms with E-state index in [0.717, 1.165) is 24.6 Å². The van der Waals surface area contributed by atoms with E-state index in [1.54, 1.807) is 0 Å². The fourth-order valence-electron chi connectivity index (χ4n) is 2.77. The lowest BCUT2D eigenvalue weighted by molar-refractivity contribution is 0.135. The van der Waals surface area contributed by atoms with Crippen LogP contribution in [0.3, 0.4) is 0 Å². The highest BCUT2D eigenvalue weighted by atomic mass is 16.5. The lowest BCUT2D eigenvalue weighted by atomic mass is 9.86. The molecule has 0 amide bonds. The lowest BCUT2D eigenvalue weighted by Crippen LogP contribution is -2.28. The number of benzene rings is 1. The van der Waals surface area contributed by atoms with Crippen LogP contribution < -0.4 is 10.5 Å². The van der Waals surface area contributed by atoms with Gasteiger partial charge in [-0.1, -0.05) is 18.2 Å². The highest BCUT2D eigenvalue weighted by molar-refractivity contribution is 5.38. The second-order valence-electron chi connectivity index (χ2n) is 5.04. The van der Waals surface area contributed by atoms with E-state index in [1.165, 1.54) is 24.8 Å². The first-order valence-corrected chi connectivity index (χ1v) is 6.34. The van der Waals surface area contributed by atoms with Crippen LogP contribution in [0.4, 0.5) is 0 Å². The highest BCUT2D eigenvalue weighted by Crippen LogP contribution is 2.45. The van der Waals surface area contributed by atoms with Crippen LogP contribution in [0.5, 0.6) is 5.75 Å². The van der Waals surface area contributed by atoms with Crippen LogP contribution in [-0.4, -0.2) is 12.6 Å². The molecule has 2 heteroatoms. The van der Waals surface area contributed by atoms with Crippen molar-refractivity contribution in [1.29, 1.82) is 0 Å². The summed E-state index contributed by atoms with van der Waals surface area (Å²) >= 11 is 0. The van der Waals surface area contributed by atoms with Gasteiger partial charge >= 0.3 is 0 Å². The van der Waals surface area contributed by atoms with E-state index in [2.05, 4.69) is 24.3 Å². The van der Waals surface area contributed by atoms with Gasteiger partial charge in [-0.25, -0.2) is 0 Å². The van der Waals surface area contributed by atoms with Crippen molar-refractivity contribution in [3.63, 3.8) is 0 Å². The van der Waals surface area contributed by atoms with Gasteiger partial charge in [0.15, 0.2) is 0 Å². The molecule has 0 spiro atoms. The van der Waals surface area contributed by atoms with E-state index in [1.807, 2.05) is 0 Å². The molecule has 2 aliphatic rings. The SMILES string of the molecule is NCCC1CC(C2CC2)Oc2ccccc21. The van der Waals surface area contributed by atoms with Crippen LogP contribution in [0.1, 0.15) is 37.2 Å². The van der Waals surface area contributed by atoms with Crippen molar-refractivity contribution in [1.82, 2.24) is 0 Å². The van der Waals surface area contributed by atoms with Gasteiger partial charge in [0.1, 0.15) is 11.9 Å². The number of ether oxygens (including phenoxy) is 1. The Morgan fingerprint density at radius 3 is 2.81 bits per heavy atom. The van der Waals surface area contributed by atoms with Gasteiger partial charge in [-0.3, -0.25) is 0 Å². The zero-order chi connectivity index (χ0) is 11.0. The summed E-state index contributed by atoms with van der Waals surface area (Å²) in [7, 11) is 0. The molecule has 16 heavy (non-hydrogen) atoms. The van der Waals surface area contributed by atoms with E-state index >= 15 is 0 Å². The number of rotatable bonds is 3. The summed E-state index contributed by atoms with van der Waals surface area (Å²) in [5.74, 6) is 2.53. The molecule has 1 aromatic carbocycles. The summed E-state index contributed by atoms with van der Waals surface area (Å²) in [4.78, 5) is 0. The van der Waals surface area contributed by atoms with Gasteiger partial charge in [-0.15, -0.1) is 0 Å². The molecule has 2 N–H and O–H groups in total. The smallest absolute Gasteiger partial charge is 0.123 e. The Morgan fingerprint density at radius 2 is 2.06 bits per heavy atom. The molecule has 1 saturated carbocycles. The van der Waals surface area contributed by atoms with Crippen molar-refractivity contribution in [2.45, 2.75) is 37.7 Å². The molecule has 1 aliphatic carbocycles. The average molecular weight is 217 g/mol.